The highest BCUT2D eigenvalue weighted by atomic mass is 16.2. The summed E-state index contributed by atoms with van der Waals surface area (Å²) in [5.74, 6) is 0.830. The Bertz CT molecular complexity index is 364. The molecule has 0 aromatic carbocycles. The SMILES string of the molecule is CCCN(CC(=O)NC1(C#N)CCCCC1)CC1CC1. The molecule has 2 rings (SSSR count). The van der Waals surface area contributed by atoms with Gasteiger partial charge in [-0.05, 0) is 44.6 Å². The maximum atomic E-state index is 12.3. The molecule has 4 nitrogen and oxygen atoms in total. The summed E-state index contributed by atoms with van der Waals surface area (Å²) in [6, 6.07) is 2.36. The summed E-state index contributed by atoms with van der Waals surface area (Å²) < 4.78 is 0. The quantitative estimate of drug-likeness (QED) is 0.777. The van der Waals surface area contributed by atoms with Crippen molar-refractivity contribution in [3.05, 3.63) is 0 Å². The summed E-state index contributed by atoms with van der Waals surface area (Å²) in [6.07, 6.45) is 8.60. The van der Waals surface area contributed by atoms with Crippen LogP contribution in [-0.2, 0) is 4.79 Å². The summed E-state index contributed by atoms with van der Waals surface area (Å²) in [5, 5.41) is 12.4. The van der Waals surface area contributed by atoms with Crippen molar-refractivity contribution in [2.45, 2.75) is 63.8 Å². The van der Waals surface area contributed by atoms with Crippen molar-refractivity contribution in [2.75, 3.05) is 19.6 Å². The van der Waals surface area contributed by atoms with Crippen LogP contribution in [0.4, 0.5) is 0 Å². The maximum Gasteiger partial charge on any atom is 0.235 e. The van der Waals surface area contributed by atoms with Crippen LogP contribution in [0, 0.1) is 17.2 Å². The zero-order valence-electron chi connectivity index (χ0n) is 12.7. The summed E-state index contributed by atoms with van der Waals surface area (Å²) >= 11 is 0. The third-order valence-electron chi connectivity index (χ3n) is 4.42. The average molecular weight is 277 g/mol. The third-order valence-corrected chi connectivity index (χ3v) is 4.42. The monoisotopic (exact) mass is 277 g/mol. The fraction of sp³-hybridized carbons (Fsp3) is 0.875. The Hall–Kier alpha value is -1.08. The smallest absolute Gasteiger partial charge is 0.235 e. The lowest BCUT2D eigenvalue weighted by Crippen LogP contribution is -2.51. The Kier molecular flexibility index (Phi) is 5.42. The molecular formula is C16H27N3O. The van der Waals surface area contributed by atoms with Crippen molar-refractivity contribution < 1.29 is 4.79 Å². The van der Waals surface area contributed by atoms with Crippen LogP contribution >= 0.6 is 0 Å². The van der Waals surface area contributed by atoms with Gasteiger partial charge >= 0.3 is 0 Å². The zero-order chi connectivity index (χ0) is 14.4. The largest absolute Gasteiger partial charge is 0.337 e. The van der Waals surface area contributed by atoms with Gasteiger partial charge in [0.25, 0.3) is 0 Å². The lowest BCUT2D eigenvalue weighted by molar-refractivity contribution is -0.124. The van der Waals surface area contributed by atoms with E-state index in [-0.39, 0.29) is 5.91 Å². The van der Waals surface area contributed by atoms with Crippen molar-refractivity contribution in [1.29, 1.82) is 5.26 Å². The number of nitrogens with zero attached hydrogens (tertiary/aromatic N) is 2. The molecule has 0 aromatic rings. The van der Waals surface area contributed by atoms with Gasteiger partial charge < -0.3 is 5.32 Å². The van der Waals surface area contributed by atoms with Crippen molar-refractivity contribution in [2.24, 2.45) is 5.92 Å². The van der Waals surface area contributed by atoms with Crippen LogP contribution in [0.25, 0.3) is 0 Å². The van der Waals surface area contributed by atoms with Crippen LogP contribution in [0.3, 0.4) is 0 Å². The van der Waals surface area contributed by atoms with Crippen molar-refractivity contribution in [3.8, 4) is 6.07 Å². The third kappa shape index (κ3) is 4.49. The lowest BCUT2D eigenvalue weighted by Gasteiger charge is -2.32. The Morgan fingerprint density at radius 1 is 1.35 bits per heavy atom. The number of rotatable bonds is 7. The second-order valence-electron chi connectivity index (χ2n) is 6.48. The van der Waals surface area contributed by atoms with Gasteiger partial charge in [-0.1, -0.05) is 26.2 Å². The molecule has 1 amide bonds. The van der Waals surface area contributed by atoms with Gasteiger partial charge in [0.05, 0.1) is 12.6 Å². The molecular weight excluding hydrogens is 250 g/mol. The van der Waals surface area contributed by atoms with Crippen molar-refractivity contribution in [3.63, 3.8) is 0 Å². The maximum absolute atomic E-state index is 12.3. The Morgan fingerprint density at radius 3 is 2.60 bits per heavy atom. The molecule has 0 spiro atoms. The number of hydrogen-bond donors (Lipinski definition) is 1. The molecule has 0 radical (unpaired) electrons. The number of nitrogens with one attached hydrogen (secondary N) is 1. The predicted molar refractivity (Wildman–Crippen MR) is 79.0 cm³/mol. The molecule has 0 saturated heterocycles. The lowest BCUT2D eigenvalue weighted by atomic mass is 9.83. The minimum atomic E-state index is -0.590. The van der Waals surface area contributed by atoms with E-state index < -0.39 is 5.54 Å². The van der Waals surface area contributed by atoms with Gasteiger partial charge in [0.15, 0.2) is 0 Å². The molecule has 0 atom stereocenters. The summed E-state index contributed by atoms with van der Waals surface area (Å²) in [5.41, 5.74) is -0.590. The molecule has 2 saturated carbocycles. The molecule has 0 unspecified atom stereocenters. The molecule has 112 valence electrons. The van der Waals surface area contributed by atoms with E-state index in [1.54, 1.807) is 0 Å². The van der Waals surface area contributed by atoms with E-state index in [4.69, 9.17) is 0 Å². The molecule has 2 aliphatic carbocycles. The molecule has 0 bridgehead atoms. The molecule has 0 heterocycles. The Morgan fingerprint density at radius 2 is 2.05 bits per heavy atom. The van der Waals surface area contributed by atoms with E-state index in [0.29, 0.717) is 6.54 Å². The number of carbonyl (C=O) groups is 1. The number of amides is 1. The Balaban J connectivity index is 1.84. The van der Waals surface area contributed by atoms with Gasteiger partial charge in [0.2, 0.25) is 5.91 Å². The van der Waals surface area contributed by atoms with Gasteiger partial charge in [-0.3, -0.25) is 9.69 Å². The van der Waals surface area contributed by atoms with Crippen LogP contribution in [0.2, 0.25) is 0 Å². The highest BCUT2D eigenvalue weighted by Crippen LogP contribution is 2.30. The van der Waals surface area contributed by atoms with Gasteiger partial charge in [-0.2, -0.15) is 5.26 Å². The van der Waals surface area contributed by atoms with Gasteiger partial charge in [0.1, 0.15) is 5.54 Å². The van der Waals surface area contributed by atoms with Crippen LogP contribution in [0.5, 0.6) is 0 Å². The molecule has 4 heteroatoms. The van der Waals surface area contributed by atoms with E-state index in [2.05, 4.69) is 23.2 Å². The zero-order valence-corrected chi connectivity index (χ0v) is 12.7. The first kappa shape index (κ1) is 15.3. The van der Waals surface area contributed by atoms with Crippen LogP contribution < -0.4 is 5.32 Å². The fourth-order valence-corrected chi connectivity index (χ4v) is 3.15. The molecule has 2 fully saturated rings. The molecule has 1 N–H and O–H groups in total. The minimum absolute atomic E-state index is 0.0301. The van der Waals surface area contributed by atoms with Crippen molar-refractivity contribution in [1.82, 2.24) is 10.2 Å². The average Bonchev–Trinajstić information content (AvgIpc) is 3.24. The fourth-order valence-electron chi connectivity index (χ4n) is 3.15. The highest BCUT2D eigenvalue weighted by Gasteiger charge is 2.34. The van der Waals surface area contributed by atoms with E-state index >= 15 is 0 Å². The van der Waals surface area contributed by atoms with Gasteiger partial charge in [-0.15, -0.1) is 0 Å². The van der Waals surface area contributed by atoms with E-state index in [1.807, 2.05) is 0 Å². The first-order chi connectivity index (χ1) is 9.67. The minimum Gasteiger partial charge on any atom is -0.337 e. The highest BCUT2D eigenvalue weighted by molar-refractivity contribution is 5.79. The first-order valence-electron chi connectivity index (χ1n) is 8.12. The predicted octanol–water partition coefficient (Wildman–Crippen LogP) is 2.45. The van der Waals surface area contributed by atoms with Crippen LogP contribution in [0.15, 0.2) is 0 Å². The topological polar surface area (TPSA) is 56.1 Å². The normalized spacial score (nSPS) is 21.4. The summed E-state index contributed by atoms with van der Waals surface area (Å²) in [6.45, 7) is 4.62. The number of hydrogen-bond acceptors (Lipinski definition) is 3. The molecule has 20 heavy (non-hydrogen) atoms. The van der Waals surface area contributed by atoms with E-state index in [9.17, 15) is 10.1 Å². The first-order valence-corrected chi connectivity index (χ1v) is 8.12. The summed E-state index contributed by atoms with van der Waals surface area (Å²) in [7, 11) is 0. The molecule has 2 aliphatic rings. The summed E-state index contributed by atoms with van der Waals surface area (Å²) in [4.78, 5) is 14.5. The van der Waals surface area contributed by atoms with Gasteiger partial charge in [0, 0.05) is 6.54 Å². The van der Waals surface area contributed by atoms with Crippen LogP contribution in [0.1, 0.15) is 58.3 Å². The molecule has 0 aliphatic heterocycles. The second-order valence-corrected chi connectivity index (χ2v) is 6.48. The van der Waals surface area contributed by atoms with E-state index in [1.165, 1.54) is 19.3 Å². The van der Waals surface area contributed by atoms with E-state index in [0.717, 1.165) is 51.1 Å². The number of carbonyl (C=O) groups excluding carboxylic acids is 1. The standard InChI is InChI=1S/C16H27N3O/c1-2-10-19(11-14-6-7-14)12-15(20)18-16(13-17)8-4-3-5-9-16/h14H,2-12H2,1H3,(H,18,20). The van der Waals surface area contributed by atoms with Crippen molar-refractivity contribution >= 4 is 5.91 Å². The second kappa shape index (κ2) is 7.08. The molecule has 0 aromatic heterocycles. The van der Waals surface area contributed by atoms with Gasteiger partial charge in [-0.25, -0.2) is 0 Å². The number of nitriles is 1. The van der Waals surface area contributed by atoms with Crippen LogP contribution in [-0.4, -0.2) is 36.0 Å². The Labute approximate surface area is 122 Å².